The van der Waals surface area contributed by atoms with E-state index in [0.717, 1.165) is 0 Å². The summed E-state index contributed by atoms with van der Waals surface area (Å²) in [5, 5.41) is 19.8. The Morgan fingerprint density at radius 1 is 1.30 bits per heavy atom. The molecule has 1 unspecified atom stereocenters. The number of pyridine rings is 1. The molecule has 7 heteroatoms. The van der Waals surface area contributed by atoms with Crippen LogP contribution in [0.2, 0.25) is 0 Å². The highest BCUT2D eigenvalue weighted by Gasteiger charge is 2.23. The fourth-order valence-corrected chi connectivity index (χ4v) is 2.22. The maximum Gasteiger partial charge on any atom is 0.326 e. The zero-order chi connectivity index (χ0) is 17.2. The number of aryl methyl sites for hydroxylation is 1. The van der Waals surface area contributed by atoms with Gasteiger partial charge in [0.25, 0.3) is 5.91 Å². The standard InChI is InChI=1S/C16H22N4O3/c1-10-18-19-13-6-5-11(9-20(10)13)14(21)17-12(15(22)23)7-8-16(2,3)4/h5-6,9,12H,7-8H2,1-4H3,(H,17,21)(H,22,23). The van der Waals surface area contributed by atoms with Crippen molar-refractivity contribution in [1.29, 1.82) is 0 Å². The molecule has 2 aromatic rings. The van der Waals surface area contributed by atoms with Crippen molar-refractivity contribution in [3.63, 3.8) is 0 Å². The zero-order valence-electron chi connectivity index (χ0n) is 13.8. The number of nitrogens with one attached hydrogen (secondary N) is 1. The predicted molar refractivity (Wildman–Crippen MR) is 85.3 cm³/mol. The molecule has 124 valence electrons. The minimum Gasteiger partial charge on any atom is -0.480 e. The summed E-state index contributed by atoms with van der Waals surface area (Å²) in [7, 11) is 0. The van der Waals surface area contributed by atoms with Gasteiger partial charge in [-0.05, 0) is 37.3 Å². The van der Waals surface area contributed by atoms with Crippen molar-refractivity contribution in [2.75, 3.05) is 0 Å². The molecule has 2 rings (SSSR count). The number of amides is 1. The summed E-state index contributed by atoms with van der Waals surface area (Å²) in [6.07, 6.45) is 2.70. The third-order valence-electron chi connectivity index (χ3n) is 3.62. The van der Waals surface area contributed by atoms with Gasteiger partial charge in [-0.25, -0.2) is 4.79 Å². The molecule has 1 atom stereocenters. The van der Waals surface area contributed by atoms with Crippen molar-refractivity contribution in [3.05, 3.63) is 29.7 Å². The monoisotopic (exact) mass is 318 g/mol. The first-order valence-electron chi connectivity index (χ1n) is 7.52. The Morgan fingerprint density at radius 3 is 2.61 bits per heavy atom. The molecule has 1 amide bonds. The number of carboxylic acid groups (broad SMARTS) is 1. The first kappa shape index (κ1) is 16.9. The lowest BCUT2D eigenvalue weighted by molar-refractivity contribution is -0.139. The van der Waals surface area contributed by atoms with Crippen LogP contribution >= 0.6 is 0 Å². The van der Waals surface area contributed by atoms with Crippen LogP contribution in [-0.4, -0.2) is 37.6 Å². The Hall–Kier alpha value is -2.44. The molecule has 0 fully saturated rings. The molecule has 0 aliphatic heterocycles. The summed E-state index contributed by atoms with van der Waals surface area (Å²) >= 11 is 0. The van der Waals surface area contributed by atoms with Crippen LogP contribution in [0.3, 0.4) is 0 Å². The molecule has 0 aliphatic carbocycles. The van der Waals surface area contributed by atoms with E-state index in [4.69, 9.17) is 0 Å². The van der Waals surface area contributed by atoms with Crippen molar-refractivity contribution < 1.29 is 14.7 Å². The number of fused-ring (bicyclic) bond motifs is 1. The van der Waals surface area contributed by atoms with E-state index in [1.54, 1.807) is 29.7 Å². The number of rotatable bonds is 5. The fraction of sp³-hybridized carbons (Fsp3) is 0.500. The summed E-state index contributed by atoms with van der Waals surface area (Å²) in [5.74, 6) is -0.775. The molecule has 2 N–H and O–H groups in total. The molecule has 0 spiro atoms. The van der Waals surface area contributed by atoms with Gasteiger partial charge in [0.05, 0.1) is 5.56 Å². The predicted octanol–water partition coefficient (Wildman–Crippen LogP) is 2.05. The average Bonchev–Trinajstić information content (AvgIpc) is 2.83. The van der Waals surface area contributed by atoms with Crippen molar-refractivity contribution in [3.8, 4) is 0 Å². The lowest BCUT2D eigenvalue weighted by atomic mass is 9.88. The first-order chi connectivity index (χ1) is 10.7. The van der Waals surface area contributed by atoms with Crippen LogP contribution in [0.5, 0.6) is 0 Å². The SMILES string of the molecule is Cc1nnc2ccc(C(=O)NC(CCC(C)(C)C)C(=O)O)cn12. The molecule has 0 radical (unpaired) electrons. The van der Waals surface area contributed by atoms with Gasteiger partial charge in [0.15, 0.2) is 5.65 Å². The normalized spacial score (nSPS) is 13.0. The number of hydrogen-bond donors (Lipinski definition) is 2. The van der Waals surface area contributed by atoms with Gasteiger partial charge in [-0.2, -0.15) is 0 Å². The maximum atomic E-state index is 12.3. The van der Waals surface area contributed by atoms with E-state index in [0.29, 0.717) is 29.9 Å². The number of carbonyl (C=O) groups is 2. The van der Waals surface area contributed by atoms with E-state index in [-0.39, 0.29) is 5.41 Å². The van der Waals surface area contributed by atoms with E-state index in [1.807, 2.05) is 20.8 Å². The third kappa shape index (κ3) is 4.28. The molecule has 2 aromatic heterocycles. The third-order valence-corrected chi connectivity index (χ3v) is 3.62. The van der Waals surface area contributed by atoms with Crippen LogP contribution in [0, 0.1) is 12.3 Å². The van der Waals surface area contributed by atoms with Crippen molar-refractivity contribution >= 4 is 17.5 Å². The number of aromatic nitrogens is 3. The highest BCUT2D eigenvalue weighted by molar-refractivity contribution is 5.96. The minimum atomic E-state index is -1.02. The van der Waals surface area contributed by atoms with Crippen LogP contribution in [0.25, 0.3) is 5.65 Å². The second-order valence-electron chi connectivity index (χ2n) is 6.86. The lowest BCUT2D eigenvalue weighted by Gasteiger charge is -2.21. The second-order valence-corrected chi connectivity index (χ2v) is 6.86. The van der Waals surface area contributed by atoms with Crippen LogP contribution in [0.1, 0.15) is 49.8 Å². The van der Waals surface area contributed by atoms with Gasteiger partial charge in [0.2, 0.25) is 0 Å². The number of nitrogens with zero attached hydrogens (tertiary/aromatic N) is 3. The number of carbonyl (C=O) groups excluding carboxylic acids is 1. The van der Waals surface area contributed by atoms with E-state index in [9.17, 15) is 14.7 Å². The van der Waals surface area contributed by atoms with Crippen molar-refractivity contribution in [2.24, 2.45) is 5.41 Å². The summed E-state index contributed by atoms with van der Waals surface area (Å²) in [6.45, 7) is 7.90. The Labute approximate surface area is 134 Å². The molecule has 7 nitrogen and oxygen atoms in total. The highest BCUT2D eigenvalue weighted by Crippen LogP contribution is 2.21. The highest BCUT2D eigenvalue weighted by atomic mass is 16.4. The van der Waals surface area contributed by atoms with Gasteiger partial charge >= 0.3 is 5.97 Å². The number of aliphatic carboxylic acids is 1. The zero-order valence-corrected chi connectivity index (χ0v) is 13.8. The Morgan fingerprint density at radius 2 is 2.00 bits per heavy atom. The summed E-state index contributed by atoms with van der Waals surface area (Å²) in [6, 6.07) is 2.39. The van der Waals surface area contributed by atoms with E-state index >= 15 is 0 Å². The molecular weight excluding hydrogens is 296 g/mol. The molecule has 0 aliphatic rings. The topological polar surface area (TPSA) is 96.6 Å². The summed E-state index contributed by atoms with van der Waals surface area (Å²) in [5.41, 5.74) is 1.03. The summed E-state index contributed by atoms with van der Waals surface area (Å²) < 4.78 is 1.69. The number of hydrogen-bond acceptors (Lipinski definition) is 4. The quantitative estimate of drug-likeness (QED) is 0.879. The van der Waals surface area contributed by atoms with Crippen LogP contribution < -0.4 is 5.32 Å². The van der Waals surface area contributed by atoms with Gasteiger partial charge < -0.3 is 10.4 Å². The molecule has 23 heavy (non-hydrogen) atoms. The summed E-state index contributed by atoms with van der Waals surface area (Å²) in [4.78, 5) is 23.7. The van der Waals surface area contributed by atoms with Gasteiger partial charge in [0.1, 0.15) is 11.9 Å². The minimum absolute atomic E-state index is 0.0108. The first-order valence-corrected chi connectivity index (χ1v) is 7.52. The van der Waals surface area contributed by atoms with Gasteiger partial charge in [-0.1, -0.05) is 20.8 Å². The van der Waals surface area contributed by atoms with Gasteiger partial charge in [0, 0.05) is 6.20 Å². The smallest absolute Gasteiger partial charge is 0.326 e. The Kier molecular flexibility index (Phi) is 4.68. The van der Waals surface area contributed by atoms with Gasteiger partial charge in [-0.15, -0.1) is 10.2 Å². The molecule has 0 bridgehead atoms. The van der Waals surface area contributed by atoms with Crippen LogP contribution in [0.4, 0.5) is 0 Å². The lowest BCUT2D eigenvalue weighted by Crippen LogP contribution is -2.41. The molecule has 0 aromatic carbocycles. The molecule has 2 heterocycles. The molecule has 0 saturated heterocycles. The van der Waals surface area contributed by atoms with Gasteiger partial charge in [-0.3, -0.25) is 9.20 Å². The maximum absolute atomic E-state index is 12.3. The van der Waals surface area contributed by atoms with E-state index in [1.165, 1.54) is 0 Å². The fourth-order valence-electron chi connectivity index (χ4n) is 2.22. The second kappa shape index (κ2) is 6.36. The molecular formula is C16H22N4O3. The van der Waals surface area contributed by atoms with Crippen molar-refractivity contribution in [2.45, 2.75) is 46.6 Å². The van der Waals surface area contributed by atoms with E-state index < -0.39 is 17.9 Å². The number of carboxylic acids is 1. The largest absolute Gasteiger partial charge is 0.480 e. The average molecular weight is 318 g/mol. The molecule has 0 saturated carbocycles. The van der Waals surface area contributed by atoms with E-state index in [2.05, 4.69) is 15.5 Å². The Balaban J connectivity index is 2.13. The van der Waals surface area contributed by atoms with Crippen LogP contribution in [0.15, 0.2) is 18.3 Å². The van der Waals surface area contributed by atoms with Crippen molar-refractivity contribution in [1.82, 2.24) is 19.9 Å². The van der Waals surface area contributed by atoms with Crippen LogP contribution in [-0.2, 0) is 4.79 Å². The Bertz CT molecular complexity index is 730.